The van der Waals surface area contributed by atoms with Crippen LogP contribution in [0, 0.1) is 0 Å². The summed E-state index contributed by atoms with van der Waals surface area (Å²) in [6, 6.07) is 16.3. The first-order chi connectivity index (χ1) is 15.7. The Morgan fingerprint density at radius 3 is 2.69 bits per heavy atom. The van der Waals surface area contributed by atoms with Crippen LogP contribution in [0.1, 0.15) is 42.5 Å². The van der Waals surface area contributed by atoms with Gasteiger partial charge in [0.2, 0.25) is 5.88 Å². The predicted molar refractivity (Wildman–Crippen MR) is 124 cm³/mol. The molecule has 0 bridgehead atoms. The Kier molecular flexibility index (Phi) is 7.12. The molecule has 1 heterocycles. The highest BCUT2D eigenvalue weighted by molar-refractivity contribution is 5.95. The third-order valence-electron chi connectivity index (χ3n) is 5.41. The van der Waals surface area contributed by atoms with Crippen LogP contribution < -0.4 is 14.8 Å². The fraction of sp³-hybridized carbons (Fsp3) is 0.269. The van der Waals surface area contributed by atoms with E-state index in [0.717, 1.165) is 30.6 Å². The fourth-order valence-electron chi connectivity index (χ4n) is 3.67. The summed E-state index contributed by atoms with van der Waals surface area (Å²) in [5, 5.41) is 3.02. The summed E-state index contributed by atoms with van der Waals surface area (Å²) < 4.78 is 11.0. The van der Waals surface area contributed by atoms with E-state index in [4.69, 9.17) is 9.47 Å². The van der Waals surface area contributed by atoms with Crippen LogP contribution in [0.4, 0.5) is 0 Å². The Balaban J connectivity index is 1.41. The monoisotopic (exact) mass is 429 g/mol. The molecule has 0 atom stereocenters. The largest absolute Gasteiger partial charge is 0.497 e. The molecule has 4 rings (SSSR count). The number of methoxy groups -OCH3 is 1. The molecule has 2 aromatic carbocycles. The Morgan fingerprint density at radius 2 is 1.91 bits per heavy atom. The summed E-state index contributed by atoms with van der Waals surface area (Å²) in [4.78, 5) is 21.5. The minimum atomic E-state index is -0.0890. The number of hydrogen-bond donors (Lipinski definition) is 1. The number of hydrogen-bond acceptors (Lipinski definition) is 5. The average molecular weight is 430 g/mol. The number of aromatic nitrogens is 2. The van der Waals surface area contributed by atoms with E-state index in [9.17, 15) is 4.79 Å². The van der Waals surface area contributed by atoms with Crippen LogP contribution in [0.2, 0.25) is 0 Å². The highest BCUT2D eigenvalue weighted by Gasteiger charge is 2.10. The van der Waals surface area contributed by atoms with Crippen LogP contribution in [0.5, 0.6) is 17.4 Å². The van der Waals surface area contributed by atoms with Gasteiger partial charge >= 0.3 is 0 Å². The molecule has 1 amide bonds. The Hall–Kier alpha value is -3.67. The predicted octanol–water partition coefficient (Wildman–Crippen LogP) is 5.56. The second-order valence-electron chi connectivity index (χ2n) is 7.69. The van der Waals surface area contributed by atoms with E-state index < -0.39 is 0 Å². The summed E-state index contributed by atoms with van der Waals surface area (Å²) in [7, 11) is 1.62. The quantitative estimate of drug-likeness (QED) is 0.474. The zero-order valence-corrected chi connectivity index (χ0v) is 18.2. The van der Waals surface area contributed by atoms with E-state index >= 15 is 0 Å². The third kappa shape index (κ3) is 5.72. The Morgan fingerprint density at radius 1 is 1.06 bits per heavy atom. The molecule has 164 valence electrons. The van der Waals surface area contributed by atoms with Crippen molar-refractivity contribution >= 4 is 5.91 Å². The van der Waals surface area contributed by atoms with Gasteiger partial charge in [-0.25, -0.2) is 4.98 Å². The first-order valence-corrected chi connectivity index (χ1v) is 10.9. The first kappa shape index (κ1) is 21.6. The van der Waals surface area contributed by atoms with Gasteiger partial charge in [0.1, 0.15) is 11.5 Å². The number of benzene rings is 2. The topological polar surface area (TPSA) is 73.3 Å². The van der Waals surface area contributed by atoms with Crippen molar-refractivity contribution in [2.24, 2.45) is 0 Å². The molecular formula is C26H27N3O3. The van der Waals surface area contributed by atoms with Crippen molar-refractivity contribution in [1.29, 1.82) is 0 Å². The number of allylic oxidation sites excluding steroid dienone is 1. The molecule has 0 fully saturated rings. The zero-order chi connectivity index (χ0) is 22.2. The number of amides is 1. The minimum Gasteiger partial charge on any atom is -0.497 e. The normalized spacial score (nSPS) is 13.2. The molecule has 1 aliphatic rings. The zero-order valence-electron chi connectivity index (χ0n) is 18.2. The summed E-state index contributed by atoms with van der Waals surface area (Å²) in [6.45, 7) is 0.649. The maximum atomic E-state index is 12.6. The summed E-state index contributed by atoms with van der Waals surface area (Å²) >= 11 is 0. The maximum Gasteiger partial charge on any atom is 0.251 e. The van der Waals surface area contributed by atoms with Gasteiger partial charge in [0.25, 0.3) is 5.91 Å². The van der Waals surface area contributed by atoms with Crippen molar-refractivity contribution in [3.8, 4) is 28.8 Å². The molecule has 0 radical (unpaired) electrons. The van der Waals surface area contributed by atoms with Crippen molar-refractivity contribution in [2.75, 3.05) is 13.7 Å². The molecule has 32 heavy (non-hydrogen) atoms. The summed E-state index contributed by atoms with van der Waals surface area (Å²) in [5.74, 6) is 2.24. The lowest BCUT2D eigenvalue weighted by atomic mass is 9.97. The molecule has 0 unspecified atom stereocenters. The molecule has 0 aliphatic heterocycles. The highest BCUT2D eigenvalue weighted by atomic mass is 16.5. The van der Waals surface area contributed by atoms with Gasteiger partial charge < -0.3 is 14.8 Å². The van der Waals surface area contributed by atoms with Crippen LogP contribution in [0.25, 0.3) is 11.4 Å². The van der Waals surface area contributed by atoms with E-state index in [1.54, 1.807) is 25.4 Å². The first-order valence-electron chi connectivity index (χ1n) is 10.9. The van der Waals surface area contributed by atoms with Crippen LogP contribution in [0.3, 0.4) is 0 Å². The van der Waals surface area contributed by atoms with Crippen LogP contribution in [0.15, 0.2) is 72.4 Å². The van der Waals surface area contributed by atoms with Gasteiger partial charge in [-0.2, -0.15) is 4.98 Å². The number of carbonyl (C=O) groups excluding carboxylic acids is 1. The molecule has 6 heteroatoms. The number of nitrogens with one attached hydrogen (secondary N) is 1. The lowest BCUT2D eigenvalue weighted by Crippen LogP contribution is -2.24. The fourth-order valence-corrected chi connectivity index (χ4v) is 3.67. The van der Waals surface area contributed by atoms with Gasteiger partial charge in [-0.3, -0.25) is 4.79 Å². The van der Waals surface area contributed by atoms with E-state index in [-0.39, 0.29) is 5.91 Å². The van der Waals surface area contributed by atoms with Gasteiger partial charge in [-0.05, 0) is 68.5 Å². The van der Waals surface area contributed by atoms with Crippen molar-refractivity contribution in [2.45, 2.75) is 32.1 Å². The molecule has 0 saturated heterocycles. The van der Waals surface area contributed by atoms with Crippen LogP contribution in [-0.2, 0) is 0 Å². The summed E-state index contributed by atoms with van der Waals surface area (Å²) in [5.41, 5.74) is 2.80. The molecule has 1 aliphatic carbocycles. The van der Waals surface area contributed by atoms with Gasteiger partial charge in [-0.15, -0.1) is 0 Å². The van der Waals surface area contributed by atoms with Crippen molar-refractivity contribution in [3.63, 3.8) is 0 Å². The molecule has 0 saturated carbocycles. The van der Waals surface area contributed by atoms with E-state index in [1.165, 1.54) is 18.4 Å². The Bertz CT molecular complexity index is 1090. The third-order valence-corrected chi connectivity index (χ3v) is 5.41. The smallest absolute Gasteiger partial charge is 0.251 e. The van der Waals surface area contributed by atoms with Gasteiger partial charge in [0.05, 0.1) is 7.11 Å². The highest BCUT2D eigenvalue weighted by Crippen LogP contribution is 2.24. The second-order valence-corrected chi connectivity index (χ2v) is 7.69. The molecule has 1 aromatic heterocycles. The van der Waals surface area contributed by atoms with E-state index in [0.29, 0.717) is 29.6 Å². The molecule has 0 spiro atoms. The average Bonchev–Trinajstić information content (AvgIpc) is 2.85. The van der Waals surface area contributed by atoms with Crippen molar-refractivity contribution in [3.05, 3.63) is 78.0 Å². The Labute approximate surface area is 188 Å². The SMILES string of the molecule is COc1ccc(Oc2ccnc(-c3cccc(C(=O)NCCC4=CCCCC4)c3)n2)cc1. The number of ether oxygens (including phenoxy) is 2. The van der Waals surface area contributed by atoms with Crippen molar-refractivity contribution in [1.82, 2.24) is 15.3 Å². The van der Waals surface area contributed by atoms with Crippen LogP contribution >= 0.6 is 0 Å². The second kappa shape index (κ2) is 10.6. The molecule has 1 N–H and O–H groups in total. The lowest BCUT2D eigenvalue weighted by Gasteiger charge is -2.13. The summed E-state index contributed by atoms with van der Waals surface area (Å²) in [6.07, 6.45) is 9.71. The maximum absolute atomic E-state index is 12.6. The molecule has 3 aromatic rings. The van der Waals surface area contributed by atoms with Crippen molar-refractivity contribution < 1.29 is 14.3 Å². The standard InChI is InChI=1S/C26H27N3O3/c1-31-22-10-12-23(13-11-22)32-24-15-17-27-25(29-24)20-8-5-9-21(18-20)26(30)28-16-14-19-6-3-2-4-7-19/h5-6,8-13,15,17-18H,2-4,7,14,16H2,1H3,(H,28,30). The molecular weight excluding hydrogens is 402 g/mol. The lowest BCUT2D eigenvalue weighted by molar-refractivity contribution is 0.0954. The van der Waals surface area contributed by atoms with Gasteiger partial charge in [0.15, 0.2) is 5.82 Å². The van der Waals surface area contributed by atoms with Gasteiger partial charge in [-0.1, -0.05) is 23.8 Å². The number of nitrogens with zero attached hydrogens (tertiary/aromatic N) is 2. The van der Waals surface area contributed by atoms with Crippen LogP contribution in [-0.4, -0.2) is 29.5 Å². The number of carbonyl (C=O) groups is 1. The minimum absolute atomic E-state index is 0.0890. The van der Waals surface area contributed by atoms with E-state index in [1.807, 2.05) is 42.5 Å². The number of rotatable bonds is 8. The molecule has 6 nitrogen and oxygen atoms in total. The van der Waals surface area contributed by atoms with E-state index in [2.05, 4.69) is 21.4 Å². The van der Waals surface area contributed by atoms with Gasteiger partial charge in [0, 0.05) is 29.9 Å².